The number of benzene rings is 2. The molecule has 0 saturated carbocycles. The van der Waals surface area contributed by atoms with Crippen LogP contribution in [0.4, 0.5) is 28.8 Å². The average molecular weight is 387 g/mol. The van der Waals surface area contributed by atoms with Crippen molar-refractivity contribution in [2.75, 3.05) is 41.8 Å². The molecule has 146 valence electrons. The maximum Gasteiger partial charge on any atom is 0.229 e. The van der Waals surface area contributed by atoms with E-state index in [-0.39, 0.29) is 0 Å². The second kappa shape index (κ2) is 7.76. The summed E-state index contributed by atoms with van der Waals surface area (Å²) < 4.78 is 5.41. The molecule has 29 heavy (non-hydrogen) atoms. The molecule has 4 aromatic rings. The Bertz CT molecular complexity index is 1100. The van der Waals surface area contributed by atoms with Gasteiger partial charge in [-0.2, -0.15) is 4.98 Å². The number of fused-ring (bicyclic) bond motifs is 1. The predicted octanol–water partition coefficient (Wildman–Crippen LogP) is 3.68. The number of hydrogen-bond donors (Lipinski definition) is 3. The highest BCUT2D eigenvalue weighted by Gasteiger charge is 2.11. The second-order valence-corrected chi connectivity index (χ2v) is 6.80. The van der Waals surface area contributed by atoms with Crippen molar-refractivity contribution in [3.05, 3.63) is 61.1 Å². The quantitative estimate of drug-likeness (QED) is 0.481. The van der Waals surface area contributed by atoms with Crippen molar-refractivity contribution >= 4 is 39.9 Å². The Morgan fingerprint density at radius 2 is 1.72 bits per heavy atom. The first kappa shape index (κ1) is 17.4. The predicted molar refractivity (Wildman–Crippen MR) is 114 cm³/mol. The molecule has 8 nitrogen and oxygen atoms in total. The van der Waals surface area contributed by atoms with Crippen LogP contribution in [0.1, 0.15) is 0 Å². The van der Waals surface area contributed by atoms with Crippen LogP contribution in [0, 0.1) is 0 Å². The zero-order chi connectivity index (χ0) is 19.5. The zero-order valence-corrected chi connectivity index (χ0v) is 15.8. The van der Waals surface area contributed by atoms with E-state index in [1.165, 1.54) is 5.69 Å². The number of ether oxygens (including phenoxy) is 1. The van der Waals surface area contributed by atoms with E-state index >= 15 is 0 Å². The smallest absolute Gasteiger partial charge is 0.229 e. The lowest BCUT2D eigenvalue weighted by atomic mass is 10.2. The highest BCUT2D eigenvalue weighted by molar-refractivity contribution is 5.79. The van der Waals surface area contributed by atoms with Gasteiger partial charge in [-0.3, -0.25) is 0 Å². The Morgan fingerprint density at radius 1 is 0.897 bits per heavy atom. The van der Waals surface area contributed by atoms with Crippen LogP contribution < -0.4 is 15.5 Å². The summed E-state index contributed by atoms with van der Waals surface area (Å²) in [7, 11) is 0. The Balaban J connectivity index is 1.28. The molecule has 1 saturated heterocycles. The fourth-order valence-corrected chi connectivity index (χ4v) is 3.36. The van der Waals surface area contributed by atoms with Gasteiger partial charge >= 0.3 is 0 Å². The number of nitrogens with one attached hydrogen (secondary N) is 3. The summed E-state index contributed by atoms with van der Waals surface area (Å²) in [5.74, 6) is 1.25. The molecule has 0 atom stereocenters. The van der Waals surface area contributed by atoms with Gasteiger partial charge in [0.05, 0.1) is 30.6 Å². The molecule has 0 bridgehead atoms. The van der Waals surface area contributed by atoms with Gasteiger partial charge in [0.1, 0.15) is 5.82 Å². The lowest BCUT2D eigenvalue weighted by molar-refractivity contribution is 0.122. The third kappa shape index (κ3) is 3.97. The first-order chi connectivity index (χ1) is 14.3. The van der Waals surface area contributed by atoms with Crippen LogP contribution in [-0.4, -0.2) is 46.2 Å². The van der Waals surface area contributed by atoms with Crippen LogP contribution in [0.5, 0.6) is 0 Å². The summed E-state index contributed by atoms with van der Waals surface area (Å²) in [4.78, 5) is 18.6. The first-order valence-corrected chi connectivity index (χ1v) is 9.56. The van der Waals surface area contributed by atoms with Gasteiger partial charge in [0.15, 0.2) is 0 Å². The van der Waals surface area contributed by atoms with E-state index in [1.54, 1.807) is 12.5 Å². The normalized spacial score (nSPS) is 14.1. The van der Waals surface area contributed by atoms with Gasteiger partial charge in [0.2, 0.25) is 5.95 Å². The van der Waals surface area contributed by atoms with E-state index in [2.05, 4.69) is 47.6 Å². The Hall–Kier alpha value is -3.65. The van der Waals surface area contributed by atoms with Crippen LogP contribution in [0.15, 0.2) is 61.1 Å². The third-order valence-electron chi connectivity index (χ3n) is 4.85. The largest absolute Gasteiger partial charge is 0.378 e. The van der Waals surface area contributed by atoms with Crippen molar-refractivity contribution in [1.29, 1.82) is 0 Å². The summed E-state index contributed by atoms with van der Waals surface area (Å²) >= 11 is 0. The molecule has 2 aromatic carbocycles. The van der Waals surface area contributed by atoms with Gasteiger partial charge < -0.3 is 25.3 Å². The molecule has 2 aromatic heterocycles. The fourth-order valence-electron chi connectivity index (χ4n) is 3.36. The first-order valence-electron chi connectivity index (χ1n) is 9.56. The summed E-state index contributed by atoms with van der Waals surface area (Å²) in [6.07, 6.45) is 3.42. The molecule has 8 heteroatoms. The van der Waals surface area contributed by atoms with Gasteiger partial charge in [-0.1, -0.05) is 0 Å². The minimum Gasteiger partial charge on any atom is -0.378 e. The Kier molecular flexibility index (Phi) is 4.67. The molecule has 1 aliphatic heterocycles. The lowest BCUT2D eigenvalue weighted by Crippen LogP contribution is -2.36. The van der Waals surface area contributed by atoms with E-state index in [4.69, 9.17) is 4.74 Å². The lowest BCUT2D eigenvalue weighted by Gasteiger charge is -2.28. The van der Waals surface area contributed by atoms with Gasteiger partial charge in [0, 0.05) is 36.3 Å². The highest BCUT2D eigenvalue weighted by Crippen LogP contribution is 2.22. The molecule has 0 spiro atoms. The number of imidazole rings is 1. The molecular weight excluding hydrogens is 366 g/mol. The van der Waals surface area contributed by atoms with Crippen LogP contribution in [-0.2, 0) is 4.74 Å². The van der Waals surface area contributed by atoms with Crippen LogP contribution >= 0.6 is 0 Å². The van der Waals surface area contributed by atoms with Crippen molar-refractivity contribution < 1.29 is 4.74 Å². The number of aromatic amines is 1. The summed E-state index contributed by atoms with van der Waals surface area (Å²) in [6, 6.07) is 16.1. The van der Waals surface area contributed by atoms with Crippen LogP contribution in [0.2, 0.25) is 0 Å². The van der Waals surface area contributed by atoms with Crippen molar-refractivity contribution in [3.8, 4) is 0 Å². The van der Waals surface area contributed by atoms with Crippen molar-refractivity contribution in [3.63, 3.8) is 0 Å². The highest BCUT2D eigenvalue weighted by atomic mass is 16.5. The standard InChI is InChI=1S/C21H21N7O/c1-4-17(28-9-11-29-12-10-28)5-2-15(1)26-21-22-8-7-20(27-21)25-16-3-6-18-19(13-16)24-14-23-18/h1-8,13-14H,9-12H2,(H,23,24)(H2,22,25,26,27). The molecule has 3 N–H and O–H groups in total. The number of morpholine rings is 1. The van der Waals surface area contributed by atoms with Crippen LogP contribution in [0.25, 0.3) is 11.0 Å². The molecule has 0 unspecified atom stereocenters. The molecule has 0 aliphatic carbocycles. The molecule has 1 aliphatic rings. The maximum absolute atomic E-state index is 5.41. The number of H-pyrrole nitrogens is 1. The average Bonchev–Trinajstić information content (AvgIpc) is 3.23. The summed E-state index contributed by atoms with van der Waals surface area (Å²) in [6.45, 7) is 3.41. The van der Waals surface area contributed by atoms with E-state index in [9.17, 15) is 0 Å². The number of anilines is 5. The van der Waals surface area contributed by atoms with E-state index < -0.39 is 0 Å². The van der Waals surface area contributed by atoms with Crippen molar-refractivity contribution in [1.82, 2.24) is 19.9 Å². The molecule has 5 rings (SSSR count). The second-order valence-electron chi connectivity index (χ2n) is 6.80. The molecule has 3 heterocycles. The Labute approximate surface area is 168 Å². The Morgan fingerprint density at radius 3 is 2.59 bits per heavy atom. The number of rotatable bonds is 5. The topological polar surface area (TPSA) is 91.0 Å². The number of aromatic nitrogens is 4. The number of nitrogens with zero attached hydrogens (tertiary/aromatic N) is 4. The molecular formula is C21H21N7O. The van der Waals surface area contributed by atoms with E-state index in [1.807, 2.05) is 36.4 Å². The van der Waals surface area contributed by atoms with Crippen LogP contribution in [0.3, 0.4) is 0 Å². The van der Waals surface area contributed by atoms with Gasteiger partial charge in [-0.15, -0.1) is 0 Å². The van der Waals surface area contributed by atoms with Gasteiger partial charge in [-0.25, -0.2) is 9.97 Å². The maximum atomic E-state index is 5.41. The molecule has 0 amide bonds. The van der Waals surface area contributed by atoms with E-state index in [0.717, 1.165) is 48.7 Å². The monoisotopic (exact) mass is 387 g/mol. The SMILES string of the molecule is c1cc(Nc2ccc3nc[nH]c3c2)nc(Nc2ccc(N3CCOCC3)cc2)n1. The van der Waals surface area contributed by atoms with Gasteiger partial charge in [0.25, 0.3) is 0 Å². The fraction of sp³-hybridized carbons (Fsp3) is 0.190. The summed E-state index contributed by atoms with van der Waals surface area (Å²) in [5.41, 5.74) is 4.98. The van der Waals surface area contributed by atoms with Crippen molar-refractivity contribution in [2.45, 2.75) is 0 Å². The van der Waals surface area contributed by atoms with E-state index in [0.29, 0.717) is 11.8 Å². The molecule has 1 fully saturated rings. The summed E-state index contributed by atoms with van der Waals surface area (Å²) in [5, 5.41) is 6.57. The van der Waals surface area contributed by atoms with Crippen molar-refractivity contribution in [2.24, 2.45) is 0 Å². The minimum absolute atomic E-state index is 0.539. The zero-order valence-electron chi connectivity index (χ0n) is 15.8. The minimum atomic E-state index is 0.539. The third-order valence-corrected chi connectivity index (χ3v) is 4.85. The van der Waals surface area contributed by atoms with Gasteiger partial charge in [-0.05, 0) is 48.5 Å². The molecule has 0 radical (unpaired) electrons. The number of hydrogen-bond acceptors (Lipinski definition) is 7.